The van der Waals surface area contributed by atoms with Crippen LogP contribution in [0.15, 0.2) is 0 Å². The summed E-state index contributed by atoms with van der Waals surface area (Å²) in [5.74, 6) is -1.01. The molecule has 0 saturated carbocycles. The van der Waals surface area contributed by atoms with Crippen LogP contribution in [-0.4, -0.2) is 32.0 Å². The van der Waals surface area contributed by atoms with E-state index in [0.29, 0.717) is 0 Å². The van der Waals surface area contributed by atoms with E-state index >= 15 is 0 Å². The predicted molar refractivity (Wildman–Crippen MR) is 58.8 cm³/mol. The zero-order valence-corrected chi connectivity index (χ0v) is 10.6. The summed E-state index contributed by atoms with van der Waals surface area (Å²) >= 11 is 0. The van der Waals surface area contributed by atoms with Gasteiger partial charge < -0.3 is 15.3 Å². The first-order valence-corrected chi connectivity index (χ1v) is 7.61. The normalized spacial score (nSPS) is 15.3. The molecule has 5 heteroatoms. The predicted octanol–water partition coefficient (Wildman–Crippen LogP) is 1.42. The van der Waals surface area contributed by atoms with Crippen LogP contribution in [0.3, 0.4) is 0 Å². The summed E-state index contributed by atoms with van der Waals surface area (Å²) < 4.78 is 5.65. The van der Waals surface area contributed by atoms with E-state index in [2.05, 4.69) is 33.9 Å². The lowest BCUT2D eigenvalue weighted by Gasteiger charge is -2.36. The van der Waals surface area contributed by atoms with Crippen LogP contribution >= 0.6 is 0 Å². The van der Waals surface area contributed by atoms with Crippen LogP contribution in [0.4, 0.5) is 0 Å². The molecule has 14 heavy (non-hydrogen) atoms. The van der Waals surface area contributed by atoms with Crippen LogP contribution in [0.25, 0.3) is 0 Å². The van der Waals surface area contributed by atoms with Crippen LogP contribution in [0, 0.1) is 0 Å². The van der Waals surface area contributed by atoms with E-state index in [4.69, 9.17) is 15.3 Å². The van der Waals surface area contributed by atoms with E-state index in [9.17, 15) is 4.79 Å². The van der Waals surface area contributed by atoms with Crippen molar-refractivity contribution in [3.8, 4) is 0 Å². The molecule has 0 aliphatic heterocycles. The average Bonchev–Trinajstić information content (AvgIpc) is 1.97. The number of rotatable bonds is 4. The van der Waals surface area contributed by atoms with Crippen molar-refractivity contribution in [3.05, 3.63) is 0 Å². The second-order valence-electron chi connectivity index (χ2n) is 5.02. The maximum atomic E-state index is 10.5. The fourth-order valence-electron chi connectivity index (χ4n) is 0.586. The molecule has 84 valence electrons. The van der Waals surface area contributed by atoms with E-state index < -0.39 is 20.3 Å². The highest BCUT2D eigenvalue weighted by atomic mass is 28.4. The number of carbonyl (C=O) groups is 1. The Morgan fingerprint density at radius 3 is 2.21 bits per heavy atom. The van der Waals surface area contributed by atoms with Gasteiger partial charge in [-0.3, -0.25) is 4.79 Å². The number of carboxylic acid groups (broad SMARTS) is 1. The van der Waals surface area contributed by atoms with Gasteiger partial charge in [-0.1, -0.05) is 20.8 Å². The Hall–Kier alpha value is -0.393. The third-order valence-corrected chi connectivity index (χ3v) is 7.25. The van der Waals surface area contributed by atoms with Crippen molar-refractivity contribution in [1.82, 2.24) is 0 Å². The molecule has 0 aliphatic rings. The molecule has 0 radical (unpaired) electrons. The molecule has 0 rings (SSSR count). The molecule has 0 aromatic carbocycles. The molecular formula is C9H21NO3Si. The molecular weight excluding hydrogens is 198 g/mol. The van der Waals surface area contributed by atoms with Gasteiger partial charge in [0.05, 0.1) is 6.61 Å². The standard InChI is InChI=1S/C9H21NO3Si/c1-9(2,3)14(4,5)13-6-7(10)8(11)12/h7H,6,10H2,1-5H3,(H,11,12). The number of hydrogen-bond donors (Lipinski definition) is 2. The van der Waals surface area contributed by atoms with E-state index in [1.54, 1.807) is 0 Å². The number of nitrogens with two attached hydrogens (primary N) is 1. The quantitative estimate of drug-likeness (QED) is 0.701. The van der Waals surface area contributed by atoms with Gasteiger partial charge in [-0.25, -0.2) is 0 Å². The molecule has 3 N–H and O–H groups in total. The summed E-state index contributed by atoms with van der Waals surface area (Å²) in [5.41, 5.74) is 5.36. The highest BCUT2D eigenvalue weighted by molar-refractivity contribution is 6.74. The van der Waals surface area contributed by atoms with Gasteiger partial charge in [0.15, 0.2) is 8.32 Å². The monoisotopic (exact) mass is 219 g/mol. The lowest BCUT2D eigenvalue weighted by molar-refractivity contribution is -0.139. The van der Waals surface area contributed by atoms with Gasteiger partial charge in [-0.15, -0.1) is 0 Å². The summed E-state index contributed by atoms with van der Waals surface area (Å²) in [6.07, 6.45) is 0. The Morgan fingerprint density at radius 1 is 1.50 bits per heavy atom. The van der Waals surface area contributed by atoms with Crippen molar-refractivity contribution in [2.45, 2.75) is 44.9 Å². The van der Waals surface area contributed by atoms with Crippen LogP contribution in [-0.2, 0) is 9.22 Å². The summed E-state index contributed by atoms with van der Waals surface area (Å²) in [5, 5.41) is 8.68. The molecule has 0 saturated heterocycles. The molecule has 0 spiro atoms. The van der Waals surface area contributed by atoms with Gasteiger partial charge in [0.1, 0.15) is 6.04 Å². The van der Waals surface area contributed by atoms with Crippen molar-refractivity contribution in [1.29, 1.82) is 0 Å². The first-order chi connectivity index (χ1) is 6.08. The largest absolute Gasteiger partial charge is 0.480 e. The Morgan fingerprint density at radius 2 is 1.93 bits per heavy atom. The Bertz CT molecular complexity index is 211. The van der Waals surface area contributed by atoms with Gasteiger partial charge in [0.25, 0.3) is 0 Å². The van der Waals surface area contributed by atoms with E-state index in [1.165, 1.54) is 0 Å². The smallest absolute Gasteiger partial charge is 0.322 e. The molecule has 0 heterocycles. The van der Waals surface area contributed by atoms with Gasteiger partial charge in [0, 0.05) is 0 Å². The van der Waals surface area contributed by atoms with Crippen molar-refractivity contribution in [3.63, 3.8) is 0 Å². The Kier molecular flexibility index (Phi) is 4.29. The van der Waals surface area contributed by atoms with Crippen LogP contribution in [0.2, 0.25) is 18.1 Å². The fraction of sp³-hybridized carbons (Fsp3) is 0.889. The Balaban J connectivity index is 4.20. The van der Waals surface area contributed by atoms with Crippen LogP contribution < -0.4 is 5.73 Å². The SMILES string of the molecule is CC(C)(C)[Si](C)(C)OCC(N)C(=O)O. The van der Waals surface area contributed by atoms with Gasteiger partial charge in [-0.05, 0) is 18.1 Å². The zero-order chi connectivity index (χ0) is 11.6. The molecule has 0 bridgehead atoms. The minimum atomic E-state index is -1.86. The summed E-state index contributed by atoms with van der Waals surface area (Å²) in [7, 11) is -1.86. The molecule has 0 fully saturated rings. The second-order valence-corrected chi connectivity index (χ2v) is 9.83. The summed E-state index contributed by atoms with van der Waals surface area (Å²) in [6.45, 7) is 10.6. The maximum absolute atomic E-state index is 10.5. The first-order valence-electron chi connectivity index (χ1n) is 4.70. The summed E-state index contributed by atoms with van der Waals surface area (Å²) in [6, 6.07) is -0.913. The van der Waals surface area contributed by atoms with Crippen molar-refractivity contribution in [2.75, 3.05) is 6.61 Å². The van der Waals surface area contributed by atoms with Crippen LogP contribution in [0.1, 0.15) is 20.8 Å². The lowest BCUT2D eigenvalue weighted by atomic mass is 10.2. The minimum Gasteiger partial charge on any atom is -0.480 e. The molecule has 0 aliphatic carbocycles. The number of hydrogen-bond acceptors (Lipinski definition) is 3. The molecule has 0 aromatic rings. The van der Waals surface area contributed by atoms with E-state index in [1.807, 2.05) is 0 Å². The van der Waals surface area contributed by atoms with Crippen molar-refractivity contribution < 1.29 is 14.3 Å². The third kappa shape index (κ3) is 3.77. The minimum absolute atomic E-state index is 0.0885. The summed E-state index contributed by atoms with van der Waals surface area (Å²) in [4.78, 5) is 10.5. The average molecular weight is 219 g/mol. The van der Waals surface area contributed by atoms with E-state index in [-0.39, 0.29) is 11.6 Å². The second kappa shape index (κ2) is 4.42. The Labute approximate surface area is 86.6 Å². The van der Waals surface area contributed by atoms with Crippen molar-refractivity contribution in [2.24, 2.45) is 5.73 Å². The number of aliphatic carboxylic acids is 1. The molecule has 4 nitrogen and oxygen atoms in total. The van der Waals surface area contributed by atoms with Crippen LogP contribution in [0.5, 0.6) is 0 Å². The molecule has 1 unspecified atom stereocenters. The zero-order valence-electron chi connectivity index (χ0n) is 9.63. The topological polar surface area (TPSA) is 72.5 Å². The van der Waals surface area contributed by atoms with Crippen molar-refractivity contribution >= 4 is 14.3 Å². The number of carboxylic acids is 1. The van der Waals surface area contributed by atoms with Gasteiger partial charge in [0.2, 0.25) is 0 Å². The molecule has 0 amide bonds. The molecule has 1 atom stereocenters. The molecule has 0 aromatic heterocycles. The highest BCUT2D eigenvalue weighted by Crippen LogP contribution is 2.36. The third-order valence-electron chi connectivity index (χ3n) is 2.75. The maximum Gasteiger partial charge on any atom is 0.322 e. The van der Waals surface area contributed by atoms with E-state index in [0.717, 1.165) is 0 Å². The first kappa shape index (κ1) is 13.6. The highest BCUT2D eigenvalue weighted by Gasteiger charge is 2.37. The van der Waals surface area contributed by atoms with Gasteiger partial charge in [-0.2, -0.15) is 0 Å². The van der Waals surface area contributed by atoms with Gasteiger partial charge >= 0.3 is 5.97 Å². The lowest BCUT2D eigenvalue weighted by Crippen LogP contribution is -2.45. The fourth-order valence-corrected chi connectivity index (χ4v) is 1.62.